The van der Waals surface area contributed by atoms with Gasteiger partial charge in [-0.15, -0.1) is 0 Å². The summed E-state index contributed by atoms with van der Waals surface area (Å²) >= 11 is 0. The van der Waals surface area contributed by atoms with E-state index in [9.17, 15) is 4.79 Å². The van der Waals surface area contributed by atoms with E-state index >= 15 is 0 Å². The second kappa shape index (κ2) is 16.5. The Hall–Kier alpha value is 0.430. The number of carboxylic acid groups (broad SMARTS) is 1. The Labute approximate surface area is 141 Å². The van der Waals surface area contributed by atoms with E-state index in [4.69, 9.17) is 5.11 Å². The van der Waals surface area contributed by atoms with Crippen LogP contribution in [0.4, 0.5) is 0 Å². The molecule has 4 heteroatoms. The molecule has 0 saturated carbocycles. The van der Waals surface area contributed by atoms with Crippen LogP contribution >= 0.6 is 0 Å². The molecule has 3 nitrogen and oxygen atoms in total. The Kier molecular flexibility index (Phi) is 18.8. The van der Waals surface area contributed by atoms with Gasteiger partial charge >= 0.3 is 35.5 Å². The van der Waals surface area contributed by atoms with Crippen LogP contribution < -0.4 is 5.32 Å². The molecule has 0 saturated heterocycles. The fourth-order valence-electron chi connectivity index (χ4n) is 2.02. The van der Waals surface area contributed by atoms with E-state index in [1.165, 1.54) is 57.8 Å². The molecule has 0 aromatic rings. The predicted molar refractivity (Wildman–Crippen MR) is 84.1 cm³/mol. The first kappa shape index (κ1) is 21.7. The first-order valence-electron chi connectivity index (χ1n) is 7.64. The van der Waals surface area contributed by atoms with E-state index in [1.807, 2.05) is 0 Å². The molecule has 0 fully saturated rings. The Morgan fingerprint density at radius 1 is 0.947 bits per heavy atom. The van der Waals surface area contributed by atoms with Crippen molar-refractivity contribution in [3.05, 3.63) is 0 Å². The number of unbranched alkanes of at least 4 members (excludes halogenated alkanes) is 9. The Morgan fingerprint density at radius 2 is 1.37 bits per heavy atom. The maximum atomic E-state index is 10.5. The number of nitrogens with one attached hydrogen (secondary N) is 1. The van der Waals surface area contributed by atoms with Crippen molar-refractivity contribution in [2.75, 3.05) is 6.54 Å². The number of aliphatic carboxylic acids is 1. The second-order valence-electron chi connectivity index (χ2n) is 5.20. The Balaban J connectivity index is 0. The third-order valence-electron chi connectivity index (χ3n) is 3.35. The van der Waals surface area contributed by atoms with Crippen molar-refractivity contribution in [2.45, 2.75) is 84.1 Å². The van der Waals surface area contributed by atoms with Crippen LogP contribution in [0.2, 0.25) is 0 Å². The molecule has 0 spiro atoms. The molecule has 2 N–H and O–H groups in total. The zero-order valence-corrected chi connectivity index (χ0v) is 12.2. The fraction of sp³-hybridized carbons (Fsp3) is 0.933. The summed E-state index contributed by atoms with van der Waals surface area (Å²) in [7, 11) is 0. The first-order valence-corrected chi connectivity index (χ1v) is 7.64. The Bertz CT molecular complexity index is 201. The van der Waals surface area contributed by atoms with Crippen molar-refractivity contribution in [1.82, 2.24) is 5.32 Å². The van der Waals surface area contributed by atoms with Crippen molar-refractivity contribution in [1.29, 1.82) is 0 Å². The predicted octanol–water partition coefficient (Wildman–Crippen LogP) is 3.32. The molecular weight excluding hydrogens is 249 g/mol. The first-order chi connectivity index (χ1) is 8.68. The van der Waals surface area contributed by atoms with Gasteiger partial charge in [0.15, 0.2) is 0 Å². The zero-order valence-electron chi connectivity index (χ0n) is 12.2. The maximum absolute atomic E-state index is 10.5. The van der Waals surface area contributed by atoms with Gasteiger partial charge < -0.3 is 10.4 Å². The summed E-state index contributed by atoms with van der Waals surface area (Å²) in [6.45, 7) is 4.77. The van der Waals surface area contributed by atoms with E-state index in [0.29, 0.717) is 0 Å². The summed E-state index contributed by atoms with van der Waals surface area (Å²) in [5.41, 5.74) is 0. The van der Waals surface area contributed by atoms with Crippen molar-refractivity contribution < 1.29 is 9.90 Å². The summed E-state index contributed by atoms with van der Waals surface area (Å²) in [5.74, 6) is -0.762. The van der Waals surface area contributed by atoms with E-state index < -0.39 is 12.0 Å². The van der Waals surface area contributed by atoms with Gasteiger partial charge in [-0.2, -0.15) is 0 Å². The van der Waals surface area contributed by atoms with Gasteiger partial charge in [0, 0.05) is 0 Å². The van der Waals surface area contributed by atoms with Crippen LogP contribution in [0, 0.1) is 0 Å². The van der Waals surface area contributed by atoms with Gasteiger partial charge in [0.05, 0.1) is 0 Å². The molecule has 0 rings (SSSR count). The van der Waals surface area contributed by atoms with Crippen molar-refractivity contribution >= 4 is 35.5 Å². The molecule has 19 heavy (non-hydrogen) atoms. The van der Waals surface area contributed by atoms with Crippen LogP contribution in [0.5, 0.6) is 0 Å². The van der Waals surface area contributed by atoms with Crippen LogP contribution in [-0.2, 0) is 4.79 Å². The molecule has 0 bridgehead atoms. The summed E-state index contributed by atoms with van der Waals surface area (Å²) in [4.78, 5) is 10.5. The van der Waals surface area contributed by atoms with E-state index in [0.717, 1.165) is 13.0 Å². The van der Waals surface area contributed by atoms with Gasteiger partial charge in [-0.3, -0.25) is 4.79 Å². The molecule has 1 atom stereocenters. The number of carboxylic acids is 1. The molecule has 1 unspecified atom stereocenters. The molecular formula is C15H32NNaO2. The van der Waals surface area contributed by atoms with Crippen LogP contribution in [0.1, 0.15) is 78.1 Å². The minimum absolute atomic E-state index is 0. The summed E-state index contributed by atoms with van der Waals surface area (Å²) in [5, 5.41) is 11.7. The molecule has 0 aliphatic carbocycles. The van der Waals surface area contributed by atoms with Gasteiger partial charge in [0.1, 0.15) is 6.04 Å². The molecule has 0 aromatic carbocycles. The van der Waals surface area contributed by atoms with Crippen LogP contribution in [-0.4, -0.2) is 53.2 Å². The average Bonchev–Trinajstić information content (AvgIpc) is 2.35. The van der Waals surface area contributed by atoms with E-state index in [1.54, 1.807) is 6.92 Å². The molecule has 0 heterocycles. The van der Waals surface area contributed by atoms with Crippen LogP contribution in [0.3, 0.4) is 0 Å². The SMILES string of the molecule is CCCCCCCCCCCCNC(C)C(=O)O.[NaH]. The van der Waals surface area contributed by atoms with Gasteiger partial charge in [-0.05, 0) is 19.9 Å². The van der Waals surface area contributed by atoms with Crippen LogP contribution in [0.25, 0.3) is 0 Å². The number of hydrogen-bond donors (Lipinski definition) is 2. The van der Waals surface area contributed by atoms with Crippen molar-refractivity contribution in [3.63, 3.8) is 0 Å². The minimum atomic E-state index is -0.762. The summed E-state index contributed by atoms with van der Waals surface area (Å²) in [6.07, 6.45) is 13.2. The summed E-state index contributed by atoms with van der Waals surface area (Å²) < 4.78 is 0. The van der Waals surface area contributed by atoms with Gasteiger partial charge in [0.2, 0.25) is 0 Å². The van der Waals surface area contributed by atoms with Crippen LogP contribution in [0.15, 0.2) is 0 Å². The van der Waals surface area contributed by atoms with Crippen molar-refractivity contribution in [2.24, 2.45) is 0 Å². The molecule has 0 aliphatic heterocycles. The van der Waals surface area contributed by atoms with Crippen molar-refractivity contribution in [3.8, 4) is 0 Å². The third kappa shape index (κ3) is 16.4. The molecule has 0 radical (unpaired) electrons. The van der Waals surface area contributed by atoms with E-state index in [2.05, 4.69) is 12.2 Å². The fourth-order valence-corrected chi connectivity index (χ4v) is 2.02. The monoisotopic (exact) mass is 281 g/mol. The normalized spacial score (nSPS) is 11.9. The van der Waals surface area contributed by atoms with Gasteiger partial charge in [0.25, 0.3) is 0 Å². The van der Waals surface area contributed by atoms with E-state index in [-0.39, 0.29) is 29.6 Å². The second-order valence-corrected chi connectivity index (χ2v) is 5.20. The third-order valence-corrected chi connectivity index (χ3v) is 3.35. The quantitative estimate of drug-likeness (QED) is 0.402. The summed E-state index contributed by atoms with van der Waals surface area (Å²) in [6, 6.07) is -0.413. The number of carbonyl (C=O) groups is 1. The average molecular weight is 281 g/mol. The molecule has 110 valence electrons. The Morgan fingerprint density at radius 3 is 1.79 bits per heavy atom. The topological polar surface area (TPSA) is 49.3 Å². The molecule has 0 aromatic heterocycles. The molecule has 0 amide bonds. The van der Waals surface area contributed by atoms with Gasteiger partial charge in [-0.1, -0.05) is 64.7 Å². The molecule has 0 aliphatic rings. The number of rotatable bonds is 13. The standard InChI is InChI=1S/C15H31NO2.Na.H/c1-3-4-5-6-7-8-9-10-11-12-13-16-14(2)15(17)18;;/h14,16H,3-13H2,1-2H3,(H,17,18);;. The van der Waals surface area contributed by atoms with Gasteiger partial charge in [-0.25, -0.2) is 0 Å². The number of hydrogen-bond acceptors (Lipinski definition) is 2. The zero-order chi connectivity index (χ0) is 13.6.